The molecule has 2 aromatic heterocycles. The van der Waals surface area contributed by atoms with Gasteiger partial charge in [-0.15, -0.1) is 11.3 Å². The summed E-state index contributed by atoms with van der Waals surface area (Å²) in [7, 11) is 0. The van der Waals surface area contributed by atoms with Crippen molar-refractivity contribution in [2.24, 2.45) is 5.92 Å². The van der Waals surface area contributed by atoms with Crippen LogP contribution in [0.2, 0.25) is 0 Å². The fraction of sp³-hybridized carbons (Fsp3) is 0.400. The second kappa shape index (κ2) is 8.43. The van der Waals surface area contributed by atoms with Crippen molar-refractivity contribution in [3.8, 4) is 5.06 Å². The quantitative estimate of drug-likeness (QED) is 0.568. The van der Waals surface area contributed by atoms with Crippen molar-refractivity contribution < 1.29 is 22.7 Å². The SMILES string of the molecule is C[C@@H](NC(=O)C1CCN(c2nc3ccccc3s2)C1)c1ccc(OCC(F)(F)F)s1. The van der Waals surface area contributed by atoms with Gasteiger partial charge in [-0.05, 0) is 37.6 Å². The van der Waals surface area contributed by atoms with Gasteiger partial charge in [0.05, 0.1) is 22.2 Å². The molecule has 10 heteroatoms. The Bertz CT molecular complexity index is 1000. The zero-order chi connectivity index (χ0) is 21.3. The summed E-state index contributed by atoms with van der Waals surface area (Å²) in [6.07, 6.45) is -3.64. The number of hydrogen-bond acceptors (Lipinski definition) is 6. The Hall–Kier alpha value is -2.33. The zero-order valence-electron chi connectivity index (χ0n) is 16.1. The number of hydrogen-bond donors (Lipinski definition) is 1. The summed E-state index contributed by atoms with van der Waals surface area (Å²) in [5.41, 5.74) is 0.959. The summed E-state index contributed by atoms with van der Waals surface area (Å²) in [6.45, 7) is 1.86. The molecule has 0 spiro atoms. The number of rotatable bonds is 6. The topological polar surface area (TPSA) is 54.5 Å². The van der Waals surface area contributed by atoms with Gasteiger partial charge in [-0.1, -0.05) is 23.5 Å². The summed E-state index contributed by atoms with van der Waals surface area (Å²) in [6, 6.07) is 10.8. The van der Waals surface area contributed by atoms with Crippen LogP contribution in [0.15, 0.2) is 36.4 Å². The Morgan fingerprint density at radius 3 is 2.87 bits per heavy atom. The first kappa shape index (κ1) is 20.9. The number of thiazole rings is 1. The molecule has 4 rings (SSSR count). The number of para-hydroxylation sites is 1. The standard InChI is InChI=1S/C20H20F3N3O2S2/c1-12(15-6-7-17(29-15)28-11-20(21,22)23)24-18(27)13-8-9-26(10-13)19-25-14-4-2-3-5-16(14)30-19/h2-7,12-13H,8-11H2,1H3,(H,24,27)/t12-,13?/m1/s1. The van der Waals surface area contributed by atoms with E-state index in [-0.39, 0.29) is 22.9 Å². The van der Waals surface area contributed by atoms with E-state index in [1.54, 1.807) is 17.4 Å². The highest BCUT2D eigenvalue weighted by Crippen LogP contribution is 2.33. The molecule has 3 heterocycles. The van der Waals surface area contributed by atoms with Gasteiger partial charge in [-0.3, -0.25) is 4.79 Å². The number of amides is 1. The van der Waals surface area contributed by atoms with Crippen LogP contribution in [0.4, 0.5) is 18.3 Å². The molecular weight excluding hydrogens is 435 g/mol. The minimum absolute atomic E-state index is 0.0581. The van der Waals surface area contributed by atoms with Crippen LogP contribution in [0.1, 0.15) is 24.3 Å². The van der Waals surface area contributed by atoms with Crippen LogP contribution in [0.5, 0.6) is 5.06 Å². The Morgan fingerprint density at radius 1 is 1.30 bits per heavy atom. The number of carbonyl (C=O) groups excluding carboxylic acids is 1. The van der Waals surface area contributed by atoms with E-state index in [0.29, 0.717) is 6.54 Å². The molecule has 3 aromatic rings. The van der Waals surface area contributed by atoms with Crippen LogP contribution in [0.25, 0.3) is 10.2 Å². The number of nitrogens with one attached hydrogen (secondary N) is 1. The van der Waals surface area contributed by atoms with E-state index in [0.717, 1.165) is 44.5 Å². The van der Waals surface area contributed by atoms with E-state index in [9.17, 15) is 18.0 Å². The van der Waals surface area contributed by atoms with Crippen molar-refractivity contribution >= 4 is 43.9 Å². The van der Waals surface area contributed by atoms with Gasteiger partial charge in [0.1, 0.15) is 0 Å². The first-order chi connectivity index (χ1) is 14.3. The molecule has 2 atom stereocenters. The lowest BCUT2D eigenvalue weighted by Gasteiger charge is -2.17. The van der Waals surface area contributed by atoms with Crippen molar-refractivity contribution in [3.63, 3.8) is 0 Å². The van der Waals surface area contributed by atoms with Gasteiger partial charge in [-0.2, -0.15) is 13.2 Å². The smallest absolute Gasteiger partial charge is 0.422 e. The van der Waals surface area contributed by atoms with Crippen molar-refractivity contribution in [2.45, 2.75) is 25.6 Å². The highest BCUT2D eigenvalue weighted by Gasteiger charge is 2.31. The zero-order valence-corrected chi connectivity index (χ0v) is 17.7. The van der Waals surface area contributed by atoms with Crippen LogP contribution < -0.4 is 15.0 Å². The molecule has 1 aliphatic heterocycles. The lowest BCUT2D eigenvalue weighted by molar-refractivity contribution is -0.152. The Morgan fingerprint density at radius 2 is 2.10 bits per heavy atom. The van der Waals surface area contributed by atoms with E-state index in [4.69, 9.17) is 4.74 Å². The van der Waals surface area contributed by atoms with Gasteiger partial charge in [0.15, 0.2) is 16.8 Å². The van der Waals surface area contributed by atoms with Gasteiger partial charge in [0.25, 0.3) is 0 Å². The van der Waals surface area contributed by atoms with Gasteiger partial charge < -0.3 is 15.0 Å². The average Bonchev–Trinajstić information content (AvgIpc) is 3.44. The Kier molecular flexibility index (Phi) is 5.88. The van der Waals surface area contributed by atoms with Crippen molar-refractivity contribution in [3.05, 3.63) is 41.3 Å². The van der Waals surface area contributed by atoms with Crippen LogP contribution >= 0.6 is 22.7 Å². The molecule has 0 radical (unpaired) electrons. The largest absolute Gasteiger partial charge is 0.475 e. The van der Waals surface area contributed by atoms with Gasteiger partial charge in [0, 0.05) is 18.0 Å². The number of fused-ring (bicyclic) bond motifs is 1. The number of anilines is 1. The summed E-state index contributed by atoms with van der Waals surface area (Å²) < 4.78 is 42.7. The van der Waals surface area contributed by atoms with E-state index in [1.807, 2.05) is 31.2 Å². The van der Waals surface area contributed by atoms with E-state index >= 15 is 0 Å². The molecule has 0 saturated carbocycles. The monoisotopic (exact) mass is 455 g/mol. The number of ether oxygens (including phenoxy) is 1. The molecular formula is C20H20F3N3O2S2. The summed E-state index contributed by atoms with van der Waals surface area (Å²) in [5.74, 6) is -0.211. The van der Waals surface area contributed by atoms with Crippen LogP contribution in [0, 0.1) is 5.92 Å². The molecule has 1 fully saturated rings. The van der Waals surface area contributed by atoms with Gasteiger partial charge >= 0.3 is 6.18 Å². The predicted octanol–water partition coefficient (Wildman–Crippen LogP) is 5.00. The maximum atomic E-state index is 12.7. The molecule has 1 amide bonds. The third-order valence-electron chi connectivity index (χ3n) is 4.88. The van der Waals surface area contributed by atoms with Gasteiger partial charge in [-0.25, -0.2) is 4.98 Å². The highest BCUT2D eigenvalue weighted by atomic mass is 32.1. The number of aromatic nitrogens is 1. The van der Waals surface area contributed by atoms with Crippen LogP contribution in [0.3, 0.4) is 0 Å². The molecule has 30 heavy (non-hydrogen) atoms. The molecule has 160 valence electrons. The highest BCUT2D eigenvalue weighted by molar-refractivity contribution is 7.22. The first-order valence-corrected chi connectivity index (χ1v) is 11.1. The maximum absolute atomic E-state index is 12.7. The summed E-state index contributed by atoms with van der Waals surface area (Å²) in [5, 5.41) is 4.08. The van der Waals surface area contributed by atoms with E-state index in [1.165, 1.54) is 6.07 Å². The third-order valence-corrected chi connectivity index (χ3v) is 7.16. The minimum atomic E-state index is -4.37. The van der Waals surface area contributed by atoms with Crippen molar-refractivity contribution in [1.29, 1.82) is 0 Å². The fourth-order valence-corrected chi connectivity index (χ4v) is 5.20. The Balaban J connectivity index is 1.32. The minimum Gasteiger partial charge on any atom is -0.475 e. The second-order valence-corrected chi connectivity index (χ2v) is 9.27. The molecule has 5 nitrogen and oxygen atoms in total. The third kappa shape index (κ3) is 4.86. The van der Waals surface area contributed by atoms with E-state index < -0.39 is 12.8 Å². The van der Waals surface area contributed by atoms with Crippen LogP contribution in [-0.4, -0.2) is 36.8 Å². The molecule has 1 aromatic carbocycles. The molecule has 0 aliphatic carbocycles. The van der Waals surface area contributed by atoms with E-state index in [2.05, 4.69) is 15.2 Å². The van der Waals surface area contributed by atoms with Gasteiger partial charge in [0.2, 0.25) is 5.91 Å². The maximum Gasteiger partial charge on any atom is 0.422 e. The molecule has 1 unspecified atom stereocenters. The number of carbonyl (C=O) groups is 1. The predicted molar refractivity (Wildman–Crippen MR) is 112 cm³/mol. The lowest BCUT2D eigenvalue weighted by Crippen LogP contribution is -2.34. The summed E-state index contributed by atoms with van der Waals surface area (Å²) in [4.78, 5) is 20.3. The number of halogens is 3. The second-order valence-electron chi connectivity index (χ2n) is 7.19. The number of benzene rings is 1. The first-order valence-electron chi connectivity index (χ1n) is 9.49. The molecule has 1 saturated heterocycles. The van der Waals surface area contributed by atoms with Crippen molar-refractivity contribution in [1.82, 2.24) is 10.3 Å². The summed E-state index contributed by atoms with van der Waals surface area (Å²) >= 11 is 2.73. The normalized spacial score (nSPS) is 18.0. The van der Waals surface area contributed by atoms with Crippen molar-refractivity contribution in [2.75, 3.05) is 24.6 Å². The lowest BCUT2D eigenvalue weighted by atomic mass is 10.1. The average molecular weight is 456 g/mol. The Labute approximate surface area is 179 Å². The molecule has 0 bridgehead atoms. The van der Waals surface area contributed by atoms with Crippen LogP contribution in [-0.2, 0) is 4.79 Å². The number of alkyl halides is 3. The number of thiophene rings is 1. The molecule has 1 N–H and O–H groups in total. The molecule has 1 aliphatic rings. The fourth-order valence-electron chi connectivity index (χ4n) is 3.34. The number of nitrogens with zero attached hydrogens (tertiary/aromatic N) is 2.